The minimum Gasteiger partial charge on any atom is -0.489 e. The Bertz CT molecular complexity index is 1050. The molecule has 1 atom stereocenters. The molecule has 1 aromatic carbocycles. The summed E-state index contributed by atoms with van der Waals surface area (Å²) < 4.78 is 5.51. The van der Waals surface area contributed by atoms with Crippen LogP contribution in [0.25, 0.3) is 10.9 Å². The minimum atomic E-state index is -0.209. The van der Waals surface area contributed by atoms with Crippen molar-refractivity contribution in [1.29, 1.82) is 0 Å². The van der Waals surface area contributed by atoms with Gasteiger partial charge in [0.05, 0.1) is 34.0 Å². The first kappa shape index (κ1) is 19.9. The smallest absolute Gasteiger partial charge is 0.292 e. The van der Waals surface area contributed by atoms with Crippen LogP contribution in [0.2, 0.25) is 10.0 Å². The molecule has 0 fully saturated rings. The molecular formula is C20H21Cl2N5O2. The zero-order valence-electron chi connectivity index (χ0n) is 16.1. The quantitative estimate of drug-likeness (QED) is 0.600. The highest BCUT2D eigenvalue weighted by atomic mass is 35.5. The first-order valence-corrected chi connectivity index (χ1v) is 10.2. The Hall–Kier alpha value is -2.35. The van der Waals surface area contributed by atoms with Crippen molar-refractivity contribution >= 4 is 40.0 Å². The summed E-state index contributed by atoms with van der Waals surface area (Å²) in [5, 5.41) is 4.98. The summed E-state index contributed by atoms with van der Waals surface area (Å²) in [5.74, 6) is 0.482. The molecule has 3 aromatic rings. The topological polar surface area (TPSA) is 83.1 Å². The van der Waals surface area contributed by atoms with Gasteiger partial charge in [0, 0.05) is 36.2 Å². The fourth-order valence-electron chi connectivity index (χ4n) is 3.71. The number of nitrogens with zero attached hydrogens (tertiary/aromatic N) is 3. The molecule has 0 unspecified atom stereocenters. The Labute approximate surface area is 178 Å². The van der Waals surface area contributed by atoms with Crippen LogP contribution in [0.1, 0.15) is 34.8 Å². The normalized spacial score (nSPS) is 16.1. The van der Waals surface area contributed by atoms with Crippen molar-refractivity contribution < 1.29 is 9.53 Å². The molecule has 3 heterocycles. The van der Waals surface area contributed by atoms with Crippen LogP contribution in [-0.2, 0) is 6.42 Å². The molecule has 0 radical (unpaired) electrons. The Morgan fingerprint density at radius 3 is 2.83 bits per heavy atom. The van der Waals surface area contributed by atoms with E-state index < -0.39 is 0 Å². The highest BCUT2D eigenvalue weighted by molar-refractivity contribution is 6.45. The zero-order valence-corrected chi connectivity index (χ0v) is 17.6. The molecular weight excluding hydrogens is 413 g/mol. The summed E-state index contributed by atoms with van der Waals surface area (Å²) in [6, 6.07) is 3.58. The Balaban J connectivity index is 1.58. The molecule has 0 bridgehead atoms. The number of carbonyl (C=O) groups is 1. The average molecular weight is 434 g/mol. The Morgan fingerprint density at radius 2 is 2.10 bits per heavy atom. The van der Waals surface area contributed by atoms with E-state index in [9.17, 15) is 4.79 Å². The van der Waals surface area contributed by atoms with Gasteiger partial charge in [-0.05, 0) is 20.0 Å². The Morgan fingerprint density at radius 1 is 1.34 bits per heavy atom. The second kappa shape index (κ2) is 8.18. The van der Waals surface area contributed by atoms with Gasteiger partial charge < -0.3 is 19.9 Å². The molecule has 29 heavy (non-hydrogen) atoms. The van der Waals surface area contributed by atoms with Gasteiger partial charge in [0.1, 0.15) is 6.61 Å². The molecule has 1 aliphatic rings. The van der Waals surface area contributed by atoms with Gasteiger partial charge in [-0.2, -0.15) is 0 Å². The van der Waals surface area contributed by atoms with E-state index in [0.717, 1.165) is 22.2 Å². The van der Waals surface area contributed by atoms with Gasteiger partial charge in [0.15, 0.2) is 5.75 Å². The van der Waals surface area contributed by atoms with Gasteiger partial charge in [0.2, 0.25) is 5.82 Å². The summed E-state index contributed by atoms with van der Waals surface area (Å²) in [6.45, 7) is 3.79. The lowest BCUT2D eigenvalue weighted by molar-refractivity contribution is 0.0665. The standard InChI is InChI=1S/C20H21Cl2N5O2/c1-11-16-13-3-4-14(21)17(22)18(13)26-15(16)5-7-27(11)20(28)19-24-9-12(10-25-19)29-8-6-23-2/h3-4,9-11,23,26H,5-8H2,1-2H3/t11-/m0/s1. The highest BCUT2D eigenvalue weighted by Crippen LogP contribution is 2.40. The molecule has 0 saturated heterocycles. The number of aromatic amines is 1. The molecule has 0 spiro atoms. The fourth-order valence-corrected chi connectivity index (χ4v) is 4.08. The number of likely N-dealkylation sites (N-methyl/N-ethyl adjacent to an activating group) is 1. The van der Waals surface area contributed by atoms with Crippen LogP contribution in [0, 0.1) is 0 Å². The van der Waals surface area contributed by atoms with Crippen LogP contribution in [0.15, 0.2) is 24.5 Å². The van der Waals surface area contributed by atoms with Gasteiger partial charge in [0.25, 0.3) is 5.91 Å². The number of halogens is 2. The molecule has 2 aromatic heterocycles. The number of H-pyrrole nitrogens is 1. The van der Waals surface area contributed by atoms with Gasteiger partial charge in [-0.3, -0.25) is 4.79 Å². The number of amides is 1. The zero-order chi connectivity index (χ0) is 20.5. The number of ether oxygens (including phenoxy) is 1. The summed E-state index contributed by atoms with van der Waals surface area (Å²) in [4.78, 5) is 26.6. The molecule has 152 valence electrons. The third-order valence-electron chi connectivity index (χ3n) is 5.18. The maximum Gasteiger partial charge on any atom is 0.292 e. The molecule has 2 N–H and O–H groups in total. The lowest BCUT2D eigenvalue weighted by Gasteiger charge is -2.33. The molecule has 7 nitrogen and oxygen atoms in total. The molecule has 4 rings (SSSR count). The third-order valence-corrected chi connectivity index (χ3v) is 5.98. The van der Waals surface area contributed by atoms with Gasteiger partial charge in [-0.15, -0.1) is 0 Å². The van der Waals surface area contributed by atoms with Gasteiger partial charge in [-0.1, -0.05) is 29.3 Å². The van der Waals surface area contributed by atoms with Crippen LogP contribution in [0.4, 0.5) is 0 Å². The molecule has 1 amide bonds. The van der Waals surface area contributed by atoms with Crippen molar-refractivity contribution in [3.05, 3.63) is 51.7 Å². The summed E-state index contributed by atoms with van der Waals surface area (Å²) in [7, 11) is 1.85. The molecule has 9 heteroatoms. The monoisotopic (exact) mass is 433 g/mol. The highest BCUT2D eigenvalue weighted by Gasteiger charge is 2.32. The van der Waals surface area contributed by atoms with E-state index in [0.29, 0.717) is 41.9 Å². The van der Waals surface area contributed by atoms with Gasteiger partial charge in [-0.25, -0.2) is 9.97 Å². The average Bonchev–Trinajstić information content (AvgIpc) is 3.11. The number of aromatic nitrogens is 3. The van der Waals surface area contributed by atoms with E-state index in [4.69, 9.17) is 27.9 Å². The third kappa shape index (κ3) is 3.66. The lowest BCUT2D eigenvalue weighted by atomic mass is 9.97. The number of nitrogens with one attached hydrogen (secondary N) is 2. The van der Waals surface area contributed by atoms with E-state index in [1.165, 1.54) is 12.4 Å². The maximum atomic E-state index is 13.1. The van der Waals surface area contributed by atoms with Crippen molar-refractivity contribution in [3.8, 4) is 5.75 Å². The van der Waals surface area contributed by atoms with E-state index in [2.05, 4.69) is 20.3 Å². The van der Waals surface area contributed by atoms with E-state index >= 15 is 0 Å². The van der Waals surface area contributed by atoms with Crippen LogP contribution in [0.5, 0.6) is 5.75 Å². The number of rotatable bonds is 5. The molecule has 1 aliphatic heterocycles. The summed E-state index contributed by atoms with van der Waals surface area (Å²) in [5.41, 5.74) is 2.95. The van der Waals surface area contributed by atoms with Crippen molar-refractivity contribution in [3.63, 3.8) is 0 Å². The maximum absolute atomic E-state index is 13.1. The fraction of sp³-hybridized carbons (Fsp3) is 0.350. The summed E-state index contributed by atoms with van der Waals surface area (Å²) >= 11 is 12.5. The predicted molar refractivity (Wildman–Crippen MR) is 113 cm³/mol. The van der Waals surface area contributed by atoms with Crippen LogP contribution < -0.4 is 10.1 Å². The van der Waals surface area contributed by atoms with E-state index in [1.807, 2.05) is 20.0 Å². The van der Waals surface area contributed by atoms with Crippen molar-refractivity contribution in [2.75, 3.05) is 26.7 Å². The van der Waals surface area contributed by atoms with E-state index in [-0.39, 0.29) is 17.8 Å². The molecule has 0 saturated carbocycles. The minimum absolute atomic E-state index is 0.146. The van der Waals surface area contributed by atoms with Crippen molar-refractivity contribution in [2.24, 2.45) is 0 Å². The van der Waals surface area contributed by atoms with Crippen LogP contribution in [0.3, 0.4) is 0 Å². The van der Waals surface area contributed by atoms with Crippen LogP contribution in [-0.4, -0.2) is 52.5 Å². The lowest BCUT2D eigenvalue weighted by Crippen LogP contribution is -2.39. The van der Waals surface area contributed by atoms with Gasteiger partial charge >= 0.3 is 0 Å². The number of hydrogen-bond acceptors (Lipinski definition) is 5. The first-order chi connectivity index (χ1) is 14.0. The Kier molecular flexibility index (Phi) is 5.63. The first-order valence-electron chi connectivity index (χ1n) is 9.40. The van der Waals surface area contributed by atoms with Crippen LogP contribution >= 0.6 is 23.2 Å². The predicted octanol–water partition coefficient (Wildman–Crippen LogP) is 3.62. The number of hydrogen-bond donors (Lipinski definition) is 2. The SMILES string of the molecule is CNCCOc1cnc(C(=O)N2CCc3[nH]c4c(Cl)c(Cl)ccc4c3[C@@H]2C)nc1. The van der Waals surface area contributed by atoms with Crippen molar-refractivity contribution in [2.45, 2.75) is 19.4 Å². The number of carbonyl (C=O) groups excluding carboxylic acids is 1. The largest absolute Gasteiger partial charge is 0.489 e. The van der Waals surface area contributed by atoms with E-state index in [1.54, 1.807) is 11.0 Å². The summed E-state index contributed by atoms with van der Waals surface area (Å²) in [6.07, 6.45) is 3.76. The number of benzene rings is 1. The molecule has 0 aliphatic carbocycles. The second-order valence-corrected chi connectivity index (χ2v) is 7.71. The van der Waals surface area contributed by atoms with Crippen molar-refractivity contribution in [1.82, 2.24) is 25.2 Å². The second-order valence-electron chi connectivity index (χ2n) is 6.92. The number of fused-ring (bicyclic) bond motifs is 3.